The number of hydrogen-bond donors (Lipinski definition) is 1. The van der Waals surface area contributed by atoms with Gasteiger partial charge in [-0.05, 0) is 24.3 Å². The zero-order chi connectivity index (χ0) is 19.3. The van der Waals surface area contributed by atoms with Crippen molar-refractivity contribution in [1.82, 2.24) is 9.21 Å². The Labute approximate surface area is 158 Å². The summed E-state index contributed by atoms with van der Waals surface area (Å²) < 4.78 is 32.4. The molecule has 1 N–H and O–H groups in total. The molecule has 2 aromatic rings. The van der Waals surface area contributed by atoms with Gasteiger partial charge in [0.1, 0.15) is 17.9 Å². The molecule has 2 aromatic carbocycles. The maximum atomic E-state index is 12.6. The van der Waals surface area contributed by atoms with E-state index in [2.05, 4.69) is 4.90 Å². The van der Waals surface area contributed by atoms with Gasteiger partial charge in [0.15, 0.2) is 0 Å². The molecule has 3 rings (SSSR count). The molecule has 1 aliphatic rings. The number of aromatic carboxylic acids is 1. The molecular weight excluding hydrogens is 368 g/mol. The monoisotopic (exact) mass is 390 g/mol. The summed E-state index contributed by atoms with van der Waals surface area (Å²) in [6.07, 6.45) is 0. The maximum absolute atomic E-state index is 12.6. The van der Waals surface area contributed by atoms with Gasteiger partial charge in [-0.15, -0.1) is 0 Å². The number of nitrogens with zero attached hydrogens (tertiary/aromatic N) is 2. The van der Waals surface area contributed by atoms with Crippen LogP contribution in [0.2, 0.25) is 0 Å². The van der Waals surface area contributed by atoms with Crippen LogP contribution in [-0.2, 0) is 10.0 Å². The number of carboxylic acids is 1. The summed E-state index contributed by atoms with van der Waals surface area (Å²) in [5.41, 5.74) is 0.135. The molecule has 8 heteroatoms. The SMILES string of the molecule is O=C(O)c1ccccc1OCCN1CCN(S(=O)(=O)c2ccccc2)CC1. The molecule has 144 valence electrons. The molecule has 1 fully saturated rings. The minimum atomic E-state index is -3.45. The lowest BCUT2D eigenvalue weighted by Crippen LogP contribution is -2.49. The first-order valence-corrected chi connectivity index (χ1v) is 10.1. The number of rotatable bonds is 7. The Kier molecular flexibility index (Phi) is 6.10. The van der Waals surface area contributed by atoms with Crippen LogP contribution in [0.3, 0.4) is 0 Å². The molecule has 0 amide bonds. The van der Waals surface area contributed by atoms with Crippen molar-refractivity contribution in [3.8, 4) is 5.75 Å². The Morgan fingerprint density at radius 2 is 1.59 bits per heavy atom. The van der Waals surface area contributed by atoms with Crippen molar-refractivity contribution >= 4 is 16.0 Å². The normalized spacial score (nSPS) is 16.1. The van der Waals surface area contributed by atoms with E-state index in [0.717, 1.165) is 0 Å². The van der Waals surface area contributed by atoms with Gasteiger partial charge in [-0.1, -0.05) is 30.3 Å². The van der Waals surface area contributed by atoms with Crippen molar-refractivity contribution in [2.24, 2.45) is 0 Å². The smallest absolute Gasteiger partial charge is 0.339 e. The van der Waals surface area contributed by atoms with Crippen LogP contribution >= 0.6 is 0 Å². The molecule has 0 spiro atoms. The minimum Gasteiger partial charge on any atom is -0.491 e. The zero-order valence-electron chi connectivity index (χ0n) is 14.8. The number of hydrogen-bond acceptors (Lipinski definition) is 5. The van der Waals surface area contributed by atoms with E-state index in [0.29, 0.717) is 50.0 Å². The predicted octanol–water partition coefficient (Wildman–Crippen LogP) is 1.77. The summed E-state index contributed by atoms with van der Waals surface area (Å²) >= 11 is 0. The second-order valence-electron chi connectivity index (χ2n) is 6.21. The van der Waals surface area contributed by atoms with Crippen LogP contribution in [0.4, 0.5) is 0 Å². The van der Waals surface area contributed by atoms with E-state index >= 15 is 0 Å². The summed E-state index contributed by atoms with van der Waals surface area (Å²) in [6.45, 7) is 3.00. The molecule has 1 heterocycles. The lowest BCUT2D eigenvalue weighted by molar-refractivity contribution is 0.0691. The Balaban J connectivity index is 1.50. The third-order valence-electron chi connectivity index (χ3n) is 4.49. The molecule has 27 heavy (non-hydrogen) atoms. The summed E-state index contributed by atoms with van der Waals surface area (Å²) in [7, 11) is -3.45. The van der Waals surface area contributed by atoms with Crippen LogP contribution in [0, 0.1) is 0 Å². The van der Waals surface area contributed by atoms with Gasteiger partial charge < -0.3 is 9.84 Å². The predicted molar refractivity (Wildman–Crippen MR) is 101 cm³/mol. The molecule has 0 bridgehead atoms. The number of ether oxygens (including phenoxy) is 1. The summed E-state index contributed by atoms with van der Waals surface area (Å²) in [5.74, 6) is -0.680. The lowest BCUT2D eigenvalue weighted by atomic mass is 10.2. The van der Waals surface area contributed by atoms with Gasteiger partial charge in [-0.2, -0.15) is 4.31 Å². The number of piperazine rings is 1. The molecule has 0 unspecified atom stereocenters. The van der Waals surface area contributed by atoms with Crippen molar-refractivity contribution in [1.29, 1.82) is 0 Å². The molecule has 1 aliphatic heterocycles. The van der Waals surface area contributed by atoms with Crippen LogP contribution in [0.1, 0.15) is 10.4 Å². The molecule has 0 aromatic heterocycles. The summed E-state index contributed by atoms with van der Waals surface area (Å²) in [4.78, 5) is 13.6. The highest BCUT2D eigenvalue weighted by molar-refractivity contribution is 7.89. The highest BCUT2D eigenvalue weighted by Crippen LogP contribution is 2.19. The van der Waals surface area contributed by atoms with E-state index in [1.54, 1.807) is 48.5 Å². The fourth-order valence-corrected chi connectivity index (χ4v) is 4.43. The third-order valence-corrected chi connectivity index (χ3v) is 6.41. The number of sulfonamides is 1. The molecular formula is C19H22N2O5S. The summed E-state index contributed by atoms with van der Waals surface area (Å²) in [5, 5.41) is 9.16. The average Bonchev–Trinajstić information content (AvgIpc) is 2.69. The lowest BCUT2D eigenvalue weighted by Gasteiger charge is -2.33. The van der Waals surface area contributed by atoms with Crippen LogP contribution in [0.5, 0.6) is 5.75 Å². The highest BCUT2D eigenvalue weighted by Gasteiger charge is 2.28. The molecule has 1 saturated heterocycles. The first kappa shape index (κ1) is 19.3. The molecule has 0 aliphatic carbocycles. The van der Waals surface area contributed by atoms with Crippen molar-refractivity contribution in [2.45, 2.75) is 4.90 Å². The quantitative estimate of drug-likeness (QED) is 0.775. The van der Waals surface area contributed by atoms with Crippen molar-refractivity contribution < 1.29 is 23.1 Å². The van der Waals surface area contributed by atoms with Gasteiger partial charge >= 0.3 is 5.97 Å². The van der Waals surface area contributed by atoms with E-state index in [9.17, 15) is 13.2 Å². The number of carboxylic acid groups (broad SMARTS) is 1. The largest absolute Gasteiger partial charge is 0.491 e. The Bertz CT molecular complexity index is 878. The molecule has 0 atom stereocenters. The van der Waals surface area contributed by atoms with Crippen molar-refractivity contribution in [2.75, 3.05) is 39.3 Å². The first-order valence-electron chi connectivity index (χ1n) is 8.71. The van der Waals surface area contributed by atoms with E-state index in [1.165, 1.54) is 10.4 Å². The fraction of sp³-hybridized carbons (Fsp3) is 0.316. The maximum Gasteiger partial charge on any atom is 0.339 e. The highest BCUT2D eigenvalue weighted by atomic mass is 32.2. The number of carbonyl (C=O) groups is 1. The molecule has 0 radical (unpaired) electrons. The van der Waals surface area contributed by atoms with E-state index < -0.39 is 16.0 Å². The van der Waals surface area contributed by atoms with E-state index in [4.69, 9.17) is 9.84 Å². The van der Waals surface area contributed by atoms with E-state index in [1.807, 2.05) is 0 Å². The second-order valence-corrected chi connectivity index (χ2v) is 8.15. The zero-order valence-corrected chi connectivity index (χ0v) is 15.6. The Hall–Kier alpha value is -2.42. The Morgan fingerprint density at radius 3 is 2.26 bits per heavy atom. The molecule has 7 nitrogen and oxygen atoms in total. The van der Waals surface area contributed by atoms with Crippen LogP contribution in [-0.4, -0.2) is 68.0 Å². The Morgan fingerprint density at radius 1 is 0.963 bits per heavy atom. The number of para-hydroxylation sites is 1. The van der Waals surface area contributed by atoms with Gasteiger partial charge in [0, 0.05) is 32.7 Å². The van der Waals surface area contributed by atoms with Crippen molar-refractivity contribution in [3.05, 3.63) is 60.2 Å². The average molecular weight is 390 g/mol. The topological polar surface area (TPSA) is 87.2 Å². The van der Waals surface area contributed by atoms with Crippen LogP contribution < -0.4 is 4.74 Å². The van der Waals surface area contributed by atoms with E-state index in [-0.39, 0.29) is 5.56 Å². The minimum absolute atomic E-state index is 0.135. The van der Waals surface area contributed by atoms with Crippen LogP contribution in [0.15, 0.2) is 59.5 Å². The third kappa shape index (κ3) is 4.65. The van der Waals surface area contributed by atoms with Gasteiger partial charge in [0.2, 0.25) is 10.0 Å². The number of benzene rings is 2. The fourth-order valence-electron chi connectivity index (χ4n) is 2.99. The van der Waals surface area contributed by atoms with Gasteiger partial charge in [0.25, 0.3) is 0 Å². The van der Waals surface area contributed by atoms with Gasteiger partial charge in [0.05, 0.1) is 4.90 Å². The molecule has 0 saturated carbocycles. The summed E-state index contributed by atoms with van der Waals surface area (Å²) in [6, 6.07) is 15.0. The van der Waals surface area contributed by atoms with Gasteiger partial charge in [-0.25, -0.2) is 13.2 Å². The van der Waals surface area contributed by atoms with Crippen LogP contribution in [0.25, 0.3) is 0 Å². The van der Waals surface area contributed by atoms with Crippen molar-refractivity contribution in [3.63, 3.8) is 0 Å². The first-order chi connectivity index (χ1) is 13.0. The van der Waals surface area contributed by atoms with Gasteiger partial charge in [-0.3, -0.25) is 4.90 Å². The second kappa shape index (κ2) is 8.51. The standard InChI is InChI=1S/C19H22N2O5S/c22-19(23)17-8-4-5-9-18(17)26-15-14-20-10-12-21(13-11-20)27(24,25)16-6-2-1-3-7-16/h1-9H,10-15H2,(H,22,23).